The number of hydrogen-bond acceptors (Lipinski definition) is 4. The number of aromatic nitrogens is 3. The fourth-order valence-electron chi connectivity index (χ4n) is 4.04. The molecule has 1 aliphatic heterocycles. The molecule has 26 heavy (non-hydrogen) atoms. The summed E-state index contributed by atoms with van der Waals surface area (Å²) in [5, 5.41) is 1.16. The molecule has 0 N–H and O–H groups in total. The highest BCUT2D eigenvalue weighted by molar-refractivity contribution is 5.88. The smallest absolute Gasteiger partial charge is 0.145 e. The lowest BCUT2D eigenvalue weighted by molar-refractivity contribution is 0.418. The summed E-state index contributed by atoms with van der Waals surface area (Å²) in [4.78, 5) is 12.0. The van der Waals surface area contributed by atoms with Gasteiger partial charge in [0.15, 0.2) is 0 Å². The molecule has 3 aromatic rings. The summed E-state index contributed by atoms with van der Waals surface area (Å²) in [6.07, 6.45) is 6.34. The molecule has 1 saturated heterocycles. The van der Waals surface area contributed by atoms with E-state index in [0.717, 1.165) is 48.5 Å². The number of pyridine rings is 1. The first-order chi connectivity index (χ1) is 12.7. The van der Waals surface area contributed by atoms with Gasteiger partial charge in [-0.2, -0.15) is 0 Å². The number of benzene rings is 1. The molecule has 136 valence electrons. The summed E-state index contributed by atoms with van der Waals surface area (Å²) < 4.78 is 7.80. The van der Waals surface area contributed by atoms with Gasteiger partial charge in [-0.25, -0.2) is 9.97 Å². The quantitative estimate of drug-likeness (QED) is 0.709. The molecule has 1 aromatic carbocycles. The molecule has 0 radical (unpaired) electrons. The third-order valence-electron chi connectivity index (χ3n) is 5.41. The SMILES string of the molecule is CCn1ccnc1C1CCCN(c2cc(C)c3cccc(OC)c3n2)C1. The van der Waals surface area contributed by atoms with E-state index < -0.39 is 0 Å². The monoisotopic (exact) mass is 350 g/mol. The maximum Gasteiger partial charge on any atom is 0.145 e. The van der Waals surface area contributed by atoms with Gasteiger partial charge in [0, 0.05) is 43.3 Å². The van der Waals surface area contributed by atoms with E-state index in [1.165, 1.54) is 17.8 Å². The number of ether oxygens (including phenoxy) is 1. The molecule has 0 aliphatic carbocycles. The summed E-state index contributed by atoms with van der Waals surface area (Å²) in [5.74, 6) is 3.53. The normalized spacial score (nSPS) is 17.7. The number of piperidine rings is 1. The molecule has 1 atom stereocenters. The molecule has 0 spiro atoms. The van der Waals surface area contributed by atoms with Crippen molar-refractivity contribution in [3.8, 4) is 5.75 Å². The zero-order valence-corrected chi connectivity index (χ0v) is 15.8. The van der Waals surface area contributed by atoms with Gasteiger partial charge in [0.25, 0.3) is 0 Å². The molecule has 2 aromatic heterocycles. The van der Waals surface area contributed by atoms with Gasteiger partial charge in [-0.1, -0.05) is 12.1 Å². The highest BCUT2D eigenvalue weighted by atomic mass is 16.5. The van der Waals surface area contributed by atoms with Crippen LogP contribution in [0.15, 0.2) is 36.7 Å². The molecule has 1 unspecified atom stereocenters. The molecule has 0 bridgehead atoms. The molecule has 0 saturated carbocycles. The van der Waals surface area contributed by atoms with Gasteiger partial charge in [0.2, 0.25) is 0 Å². The Balaban J connectivity index is 1.68. The second-order valence-corrected chi connectivity index (χ2v) is 7.01. The average molecular weight is 350 g/mol. The maximum atomic E-state index is 5.54. The number of fused-ring (bicyclic) bond motifs is 1. The van der Waals surface area contributed by atoms with Gasteiger partial charge in [0.1, 0.15) is 22.9 Å². The van der Waals surface area contributed by atoms with E-state index in [-0.39, 0.29) is 0 Å². The van der Waals surface area contributed by atoms with Crippen LogP contribution in [0.5, 0.6) is 5.75 Å². The van der Waals surface area contributed by atoms with E-state index >= 15 is 0 Å². The van der Waals surface area contributed by atoms with Crippen LogP contribution in [0.3, 0.4) is 0 Å². The van der Waals surface area contributed by atoms with E-state index in [9.17, 15) is 0 Å². The third-order valence-corrected chi connectivity index (χ3v) is 5.41. The van der Waals surface area contributed by atoms with Crippen molar-refractivity contribution in [3.63, 3.8) is 0 Å². The van der Waals surface area contributed by atoms with Crippen LogP contribution in [0.25, 0.3) is 10.9 Å². The second-order valence-electron chi connectivity index (χ2n) is 7.01. The summed E-state index contributed by atoms with van der Waals surface area (Å²) in [5.41, 5.74) is 2.18. The molecular formula is C21H26N4O. The molecule has 1 fully saturated rings. The topological polar surface area (TPSA) is 43.2 Å². The highest BCUT2D eigenvalue weighted by Gasteiger charge is 2.25. The number of para-hydroxylation sites is 1. The minimum atomic E-state index is 0.453. The molecule has 3 heterocycles. The van der Waals surface area contributed by atoms with Crippen LogP contribution in [0.2, 0.25) is 0 Å². The zero-order valence-electron chi connectivity index (χ0n) is 15.8. The van der Waals surface area contributed by atoms with Gasteiger partial charge < -0.3 is 14.2 Å². The standard InChI is InChI=1S/C21H26N4O/c1-4-24-12-10-22-21(24)16-7-6-11-25(14-16)19-13-15(2)17-8-5-9-18(26-3)20(17)23-19/h5,8-10,12-13,16H,4,6-7,11,14H2,1-3H3. The van der Waals surface area contributed by atoms with Crippen LogP contribution in [-0.4, -0.2) is 34.7 Å². The van der Waals surface area contributed by atoms with Crippen molar-refractivity contribution in [2.45, 2.75) is 39.2 Å². The van der Waals surface area contributed by atoms with E-state index in [0.29, 0.717) is 5.92 Å². The van der Waals surface area contributed by atoms with E-state index in [4.69, 9.17) is 9.72 Å². The van der Waals surface area contributed by atoms with Crippen LogP contribution < -0.4 is 9.64 Å². The first-order valence-corrected chi connectivity index (χ1v) is 9.41. The third kappa shape index (κ3) is 2.91. The number of methoxy groups -OCH3 is 1. The largest absolute Gasteiger partial charge is 0.494 e. The van der Waals surface area contributed by atoms with Crippen molar-refractivity contribution in [3.05, 3.63) is 48.0 Å². The lowest BCUT2D eigenvalue weighted by atomic mass is 9.97. The minimum absolute atomic E-state index is 0.453. The number of imidazole rings is 1. The number of anilines is 1. The number of hydrogen-bond donors (Lipinski definition) is 0. The fraction of sp³-hybridized carbons (Fsp3) is 0.429. The van der Waals surface area contributed by atoms with Gasteiger partial charge in [-0.3, -0.25) is 0 Å². The Kier molecular flexibility index (Phi) is 4.53. The number of rotatable bonds is 4. The first-order valence-electron chi connectivity index (χ1n) is 9.41. The lowest BCUT2D eigenvalue weighted by Gasteiger charge is -2.34. The van der Waals surface area contributed by atoms with Crippen LogP contribution in [0.1, 0.15) is 37.1 Å². The van der Waals surface area contributed by atoms with Crippen LogP contribution >= 0.6 is 0 Å². The van der Waals surface area contributed by atoms with Crippen molar-refractivity contribution < 1.29 is 4.74 Å². The molecule has 0 amide bonds. The van der Waals surface area contributed by atoms with E-state index in [2.05, 4.69) is 46.6 Å². The summed E-state index contributed by atoms with van der Waals surface area (Å²) in [7, 11) is 1.71. The van der Waals surface area contributed by atoms with Gasteiger partial charge in [-0.05, 0) is 44.4 Å². The minimum Gasteiger partial charge on any atom is -0.494 e. The molecule has 5 nitrogen and oxygen atoms in total. The average Bonchev–Trinajstić information content (AvgIpc) is 3.16. The predicted octanol–water partition coefficient (Wildman–Crippen LogP) is 4.15. The van der Waals surface area contributed by atoms with Crippen molar-refractivity contribution in [1.82, 2.24) is 14.5 Å². The Morgan fingerprint density at radius 1 is 1.31 bits per heavy atom. The van der Waals surface area contributed by atoms with Crippen molar-refractivity contribution in [2.24, 2.45) is 0 Å². The Hall–Kier alpha value is -2.56. The predicted molar refractivity (Wildman–Crippen MR) is 105 cm³/mol. The van der Waals surface area contributed by atoms with Crippen molar-refractivity contribution >= 4 is 16.7 Å². The number of aryl methyl sites for hydroxylation is 2. The molecular weight excluding hydrogens is 324 g/mol. The van der Waals surface area contributed by atoms with Gasteiger partial charge in [0.05, 0.1) is 7.11 Å². The maximum absolute atomic E-state index is 5.54. The molecule has 4 rings (SSSR count). The Morgan fingerprint density at radius 3 is 3.00 bits per heavy atom. The fourth-order valence-corrected chi connectivity index (χ4v) is 4.04. The summed E-state index contributed by atoms with van der Waals surface area (Å²) in [6.45, 7) is 7.29. The zero-order chi connectivity index (χ0) is 18.1. The highest BCUT2D eigenvalue weighted by Crippen LogP contribution is 2.32. The van der Waals surface area contributed by atoms with E-state index in [1.54, 1.807) is 7.11 Å². The van der Waals surface area contributed by atoms with E-state index in [1.807, 2.05) is 18.3 Å². The number of nitrogens with zero attached hydrogens (tertiary/aromatic N) is 4. The summed E-state index contributed by atoms with van der Waals surface area (Å²) >= 11 is 0. The molecule has 5 heteroatoms. The van der Waals surface area contributed by atoms with Gasteiger partial charge >= 0.3 is 0 Å². The Labute approximate surface area is 154 Å². The first kappa shape index (κ1) is 16.9. The van der Waals surface area contributed by atoms with Crippen molar-refractivity contribution in [2.75, 3.05) is 25.1 Å². The Morgan fingerprint density at radius 2 is 2.19 bits per heavy atom. The molecule has 1 aliphatic rings. The van der Waals surface area contributed by atoms with Crippen LogP contribution in [-0.2, 0) is 6.54 Å². The van der Waals surface area contributed by atoms with Crippen molar-refractivity contribution in [1.29, 1.82) is 0 Å². The van der Waals surface area contributed by atoms with Gasteiger partial charge in [-0.15, -0.1) is 0 Å². The lowest BCUT2D eigenvalue weighted by Crippen LogP contribution is -2.36. The van der Waals surface area contributed by atoms with Crippen LogP contribution in [0.4, 0.5) is 5.82 Å². The Bertz CT molecular complexity index is 918. The van der Waals surface area contributed by atoms with Crippen LogP contribution in [0, 0.1) is 6.92 Å². The second kappa shape index (κ2) is 6.98. The summed E-state index contributed by atoms with van der Waals surface area (Å²) in [6, 6.07) is 8.32.